The zero-order chi connectivity index (χ0) is 19.7. The van der Waals surface area contributed by atoms with Crippen LogP contribution in [-0.4, -0.2) is 29.7 Å². The average molecular weight is 381 g/mol. The van der Waals surface area contributed by atoms with E-state index in [-0.39, 0.29) is 19.2 Å². The van der Waals surface area contributed by atoms with Crippen molar-refractivity contribution in [2.45, 2.75) is 20.4 Å². The fourth-order valence-corrected chi connectivity index (χ4v) is 3.20. The average Bonchev–Trinajstić information content (AvgIpc) is 3.42. The van der Waals surface area contributed by atoms with Crippen molar-refractivity contribution in [2.75, 3.05) is 13.4 Å². The molecule has 0 spiro atoms. The molecular formula is C21H19NO6. The Kier molecular flexibility index (Phi) is 4.65. The predicted octanol–water partition coefficient (Wildman–Crippen LogP) is 3.51. The lowest BCUT2D eigenvalue weighted by Crippen LogP contribution is -2.15. The Balaban J connectivity index is 1.43. The summed E-state index contributed by atoms with van der Waals surface area (Å²) in [7, 11) is 0. The zero-order valence-electron chi connectivity index (χ0n) is 15.6. The van der Waals surface area contributed by atoms with Crippen molar-refractivity contribution < 1.29 is 28.2 Å². The fraction of sp³-hybridized carbons (Fsp3) is 0.238. The van der Waals surface area contributed by atoms with Gasteiger partial charge in [-0.15, -0.1) is 0 Å². The number of benzene rings is 1. The maximum absolute atomic E-state index is 12.6. The number of furan rings is 1. The molecule has 3 aromatic rings. The van der Waals surface area contributed by atoms with Gasteiger partial charge >= 0.3 is 5.97 Å². The van der Waals surface area contributed by atoms with Gasteiger partial charge in [0.25, 0.3) is 0 Å². The minimum Gasteiger partial charge on any atom is -0.467 e. The summed E-state index contributed by atoms with van der Waals surface area (Å²) in [4.78, 5) is 24.9. The molecule has 0 radical (unpaired) electrons. The number of esters is 1. The summed E-state index contributed by atoms with van der Waals surface area (Å²) in [6.45, 7) is 4.11. The normalized spacial score (nSPS) is 12.2. The van der Waals surface area contributed by atoms with Crippen molar-refractivity contribution in [2.24, 2.45) is 0 Å². The molecule has 7 heteroatoms. The number of Topliss-reactive ketones (excluding diaryl/α,β-unsaturated/α-hetero) is 1. The topological polar surface area (TPSA) is 79.9 Å². The predicted molar refractivity (Wildman–Crippen MR) is 98.9 cm³/mol. The molecule has 0 unspecified atom stereocenters. The first kappa shape index (κ1) is 17.9. The quantitative estimate of drug-likeness (QED) is 0.480. The van der Waals surface area contributed by atoms with Crippen LogP contribution in [0.25, 0.3) is 0 Å². The van der Waals surface area contributed by atoms with Gasteiger partial charge in [0, 0.05) is 17.0 Å². The largest absolute Gasteiger partial charge is 0.467 e. The molecular weight excluding hydrogens is 362 g/mol. The molecule has 0 N–H and O–H groups in total. The van der Waals surface area contributed by atoms with Gasteiger partial charge in [-0.3, -0.25) is 4.79 Å². The van der Waals surface area contributed by atoms with Gasteiger partial charge in [-0.05, 0) is 50.2 Å². The minimum absolute atomic E-state index is 0.125. The Morgan fingerprint density at radius 2 is 1.93 bits per heavy atom. The first-order valence-corrected chi connectivity index (χ1v) is 8.82. The Hall–Kier alpha value is -3.48. The smallest absolute Gasteiger partial charge is 0.338 e. The van der Waals surface area contributed by atoms with Crippen LogP contribution in [0, 0.1) is 13.8 Å². The molecule has 1 aliphatic heterocycles. The van der Waals surface area contributed by atoms with Crippen LogP contribution >= 0.6 is 0 Å². The Labute approximate surface area is 161 Å². The number of carbonyl (C=O) groups excluding carboxylic acids is 2. The first-order chi connectivity index (χ1) is 13.5. The minimum atomic E-state index is -0.587. The van der Waals surface area contributed by atoms with E-state index in [0.29, 0.717) is 29.2 Å². The maximum Gasteiger partial charge on any atom is 0.338 e. The monoisotopic (exact) mass is 381 g/mol. The Bertz CT molecular complexity index is 1030. The van der Waals surface area contributed by atoms with Crippen molar-refractivity contribution in [1.82, 2.24) is 4.57 Å². The molecule has 0 aliphatic carbocycles. The van der Waals surface area contributed by atoms with Gasteiger partial charge in [-0.2, -0.15) is 0 Å². The maximum atomic E-state index is 12.6. The molecule has 2 aromatic heterocycles. The van der Waals surface area contributed by atoms with Gasteiger partial charge in [-0.25, -0.2) is 4.79 Å². The van der Waals surface area contributed by atoms with E-state index in [2.05, 4.69) is 0 Å². The second kappa shape index (κ2) is 7.26. The number of ether oxygens (including phenoxy) is 3. The zero-order valence-corrected chi connectivity index (χ0v) is 15.6. The van der Waals surface area contributed by atoms with Crippen molar-refractivity contribution >= 4 is 11.8 Å². The third kappa shape index (κ3) is 3.38. The van der Waals surface area contributed by atoms with E-state index >= 15 is 0 Å². The van der Waals surface area contributed by atoms with Crippen LogP contribution in [0.1, 0.15) is 37.9 Å². The number of fused-ring (bicyclic) bond motifs is 1. The number of hydrogen-bond donors (Lipinski definition) is 0. The molecule has 0 bridgehead atoms. The molecule has 1 aromatic carbocycles. The Morgan fingerprint density at radius 1 is 1.11 bits per heavy atom. The van der Waals surface area contributed by atoms with Gasteiger partial charge in [0.2, 0.25) is 12.6 Å². The molecule has 7 nitrogen and oxygen atoms in total. The molecule has 0 saturated heterocycles. The summed E-state index contributed by atoms with van der Waals surface area (Å²) in [5.41, 5.74) is 2.57. The van der Waals surface area contributed by atoms with E-state index < -0.39 is 5.97 Å². The molecule has 0 amide bonds. The third-order valence-electron chi connectivity index (χ3n) is 4.71. The summed E-state index contributed by atoms with van der Waals surface area (Å²) >= 11 is 0. The number of nitrogens with zero attached hydrogens (tertiary/aromatic N) is 1. The van der Waals surface area contributed by atoms with Gasteiger partial charge in [0.1, 0.15) is 5.76 Å². The lowest BCUT2D eigenvalue weighted by molar-refractivity contribution is 0.0474. The number of aromatic nitrogens is 1. The number of hydrogen-bond acceptors (Lipinski definition) is 6. The lowest BCUT2D eigenvalue weighted by atomic mass is 10.1. The summed E-state index contributed by atoms with van der Waals surface area (Å²) < 4.78 is 23.0. The van der Waals surface area contributed by atoms with Crippen LogP contribution in [-0.2, 0) is 11.3 Å². The highest BCUT2D eigenvalue weighted by Gasteiger charge is 2.20. The van der Waals surface area contributed by atoms with E-state index in [9.17, 15) is 9.59 Å². The highest BCUT2D eigenvalue weighted by molar-refractivity contribution is 6.00. The molecule has 28 heavy (non-hydrogen) atoms. The number of ketones is 1. The van der Waals surface area contributed by atoms with E-state index in [4.69, 9.17) is 18.6 Å². The molecule has 0 saturated carbocycles. The molecule has 3 heterocycles. The molecule has 1 aliphatic rings. The molecule has 0 fully saturated rings. The van der Waals surface area contributed by atoms with Crippen LogP contribution in [0.5, 0.6) is 11.5 Å². The Morgan fingerprint density at radius 3 is 2.71 bits per heavy atom. The SMILES string of the molecule is Cc1cc(C(=O)COC(=O)c2ccc3c(c2)OCO3)c(C)n1Cc1ccco1. The van der Waals surface area contributed by atoms with Gasteiger partial charge in [0.05, 0.1) is 18.4 Å². The summed E-state index contributed by atoms with van der Waals surface area (Å²) in [6, 6.07) is 10.3. The van der Waals surface area contributed by atoms with Crippen LogP contribution < -0.4 is 9.47 Å². The van der Waals surface area contributed by atoms with Crippen molar-refractivity contribution in [3.8, 4) is 11.5 Å². The summed E-state index contributed by atoms with van der Waals surface area (Å²) in [6.07, 6.45) is 1.62. The second-order valence-corrected chi connectivity index (χ2v) is 6.52. The molecule has 4 rings (SSSR count). The van der Waals surface area contributed by atoms with E-state index in [1.54, 1.807) is 30.5 Å². The highest BCUT2D eigenvalue weighted by atomic mass is 16.7. The van der Waals surface area contributed by atoms with Crippen LogP contribution in [0.2, 0.25) is 0 Å². The number of rotatable bonds is 6. The number of aryl methyl sites for hydroxylation is 1. The molecule has 0 atom stereocenters. The standard InChI is InChI=1S/C21H19NO6/c1-13-8-17(14(2)22(13)10-16-4-3-7-25-16)18(23)11-26-21(24)15-5-6-19-20(9-15)28-12-27-19/h3-9H,10-12H2,1-2H3. The van der Waals surface area contributed by atoms with Gasteiger partial charge in [-0.1, -0.05) is 0 Å². The van der Waals surface area contributed by atoms with Crippen molar-refractivity contribution in [1.29, 1.82) is 0 Å². The van der Waals surface area contributed by atoms with E-state index in [1.807, 2.05) is 30.5 Å². The highest BCUT2D eigenvalue weighted by Crippen LogP contribution is 2.32. The molecule has 144 valence electrons. The first-order valence-electron chi connectivity index (χ1n) is 8.82. The van der Waals surface area contributed by atoms with Crippen molar-refractivity contribution in [3.63, 3.8) is 0 Å². The van der Waals surface area contributed by atoms with Gasteiger partial charge < -0.3 is 23.2 Å². The van der Waals surface area contributed by atoms with Crippen molar-refractivity contribution in [3.05, 3.63) is 70.9 Å². The van der Waals surface area contributed by atoms with Crippen LogP contribution in [0.3, 0.4) is 0 Å². The van der Waals surface area contributed by atoms with E-state index in [0.717, 1.165) is 17.1 Å². The van der Waals surface area contributed by atoms with E-state index in [1.165, 1.54) is 0 Å². The summed E-state index contributed by atoms with van der Waals surface area (Å²) in [5, 5.41) is 0. The second-order valence-electron chi connectivity index (χ2n) is 6.52. The van der Waals surface area contributed by atoms with Crippen LogP contribution in [0.4, 0.5) is 0 Å². The lowest BCUT2D eigenvalue weighted by Gasteiger charge is -2.08. The van der Waals surface area contributed by atoms with Crippen LogP contribution in [0.15, 0.2) is 47.1 Å². The fourth-order valence-electron chi connectivity index (χ4n) is 3.20. The third-order valence-corrected chi connectivity index (χ3v) is 4.71. The van der Waals surface area contributed by atoms with Gasteiger partial charge in [0.15, 0.2) is 18.1 Å². The summed E-state index contributed by atoms with van der Waals surface area (Å²) in [5.74, 6) is 1.03. The number of carbonyl (C=O) groups is 2.